The Morgan fingerprint density at radius 2 is 2.11 bits per heavy atom. The van der Waals surface area contributed by atoms with Crippen molar-refractivity contribution in [3.8, 4) is 11.3 Å². The molecule has 0 atom stereocenters. The number of rotatable bonds is 3. The smallest absolute Gasteiger partial charge is 0.307 e. The van der Waals surface area contributed by atoms with E-state index in [0.29, 0.717) is 16.8 Å². The molecule has 18 heavy (non-hydrogen) atoms. The lowest BCUT2D eigenvalue weighted by Gasteiger charge is -2.05. The molecule has 0 saturated heterocycles. The van der Waals surface area contributed by atoms with Crippen molar-refractivity contribution in [2.45, 2.75) is 6.42 Å². The van der Waals surface area contributed by atoms with Crippen molar-refractivity contribution in [1.82, 2.24) is 4.98 Å². The van der Waals surface area contributed by atoms with Gasteiger partial charge in [-0.15, -0.1) is 0 Å². The van der Waals surface area contributed by atoms with Crippen LogP contribution in [-0.2, 0) is 11.2 Å². The lowest BCUT2D eigenvalue weighted by atomic mass is 10.1. The van der Waals surface area contributed by atoms with Crippen LogP contribution in [-0.4, -0.2) is 16.1 Å². The third kappa shape index (κ3) is 2.84. The molecule has 1 aromatic carbocycles. The van der Waals surface area contributed by atoms with Gasteiger partial charge in [0.2, 0.25) is 0 Å². The molecule has 2 rings (SSSR count). The van der Waals surface area contributed by atoms with Crippen LogP contribution in [0.15, 0.2) is 36.4 Å². The van der Waals surface area contributed by atoms with Crippen LogP contribution in [0.5, 0.6) is 0 Å². The van der Waals surface area contributed by atoms with Gasteiger partial charge in [0.05, 0.1) is 12.1 Å². The third-order valence-corrected chi connectivity index (χ3v) is 2.72. The van der Waals surface area contributed by atoms with E-state index in [2.05, 4.69) is 4.98 Å². The van der Waals surface area contributed by atoms with Crippen molar-refractivity contribution < 1.29 is 14.3 Å². The summed E-state index contributed by atoms with van der Waals surface area (Å²) in [6.45, 7) is 0. The molecule has 0 aliphatic carbocycles. The van der Waals surface area contributed by atoms with E-state index in [1.165, 1.54) is 12.1 Å². The first-order chi connectivity index (χ1) is 8.56. The second-order valence-corrected chi connectivity index (χ2v) is 4.09. The van der Waals surface area contributed by atoms with E-state index in [9.17, 15) is 9.18 Å². The minimum Gasteiger partial charge on any atom is -0.481 e. The predicted molar refractivity (Wildman–Crippen MR) is 66.0 cm³/mol. The van der Waals surface area contributed by atoms with Gasteiger partial charge in [0, 0.05) is 11.1 Å². The van der Waals surface area contributed by atoms with Gasteiger partial charge in [-0.3, -0.25) is 4.79 Å². The number of pyridine rings is 1. The number of nitrogens with zero attached hydrogens (tertiary/aromatic N) is 1. The maximum absolute atomic E-state index is 13.1. The van der Waals surface area contributed by atoms with E-state index in [-0.39, 0.29) is 17.4 Å². The number of carboxylic acid groups (broad SMARTS) is 1. The number of carbonyl (C=O) groups is 1. The SMILES string of the molecule is O=C(O)Cc1ccc(-c2cccc(F)c2)nc1Cl. The minimum absolute atomic E-state index is 0.124. The fourth-order valence-electron chi connectivity index (χ4n) is 1.57. The van der Waals surface area contributed by atoms with E-state index in [4.69, 9.17) is 16.7 Å². The highest BCUT2D eigenvalue weighted by molar-refractivity contribution is 6.30. The van der Waals surface area contributed by atoms with Gasteiger partial charge in [0.1, 0.15) is 11.0 Å². The van der Waals surface area contributed by atoms with Gasteiger partial charge in [-0.1, -0.05) is 29.8 Å². The Balaban J connectivity index is 2.37. The summed E-state index contributed by atoms with van der Waals surface area (Å²) in [6.07, 6.45) is -0.185. The first kappa shape index (κ1) is 12.5. The van der Waals surface area contributed by atoms with E-state index >= 15 is 0 Å². The molecule has 3 nitrogen and oxygen atoms in total. The van der Waals surface area contributed by atoms with Crippen molar-refractivity contribution in [3.63, 3.8) is 0 Å². The van der Waals surface area contributed by atoms with E-state index in [1.807, 2.05) is 0 Å². The van der Waals surface area contributed by atoms with Crippen LogP contribution in [0.1, 0.15) is 5.56 Å². The summed E-state index contributed by atoms with van der Waals surface area (Å²) >= 11 is 5.89. The molecular formula is C13H9ClFNO2. The van der Waals surface area contributed by atoms with Crippen molar-refractivity contribution >= 4 is 17.6 Å². The predicted octanol–water partition coefficient (Wildman–Crippen LogP) is 3.17. The van der Waals surface area contributed by atoms with Gasteiger partial charge in [-0.05, 0) is 18.2 Å². The first-order valence-electron chi connectivity index (χ1n) is 5.19. The Morgan fingerprint density at radius 1 is 1.33 bits per heavy atom. The average Bonchev–Trinajstić information content (AvgIpc) is 2.31. The van der Waals surface area contributed by atoms with Crippen molar-refractivity contribution in [2.24, 2.45) is 0 Å². The summed E-state index contributed by atoms with van der Waals surface area (Å²) in [7, 11) is 0. The monoisotopic (exact) mass is 265 g/mol. The highest BCUT2D eigenvalue weighted by atomic mass is 35.5. The molecule has 1 heterocycles. The maximum Gasteiger partial charge on any atom is 0.307 e. The lowest BCUT2D eigenvalue weighted by Crippen LogP contribution is -2.01. The number of aromatic nitrogens is 1. The molecule has 92 valence electrons. The Morgan fingerprint density at radius 3 is 2.72 bits per heavy atom. The van der Waals surface area contributed by atoms with Crippen LogP contribution in [0.4, 0.5) is 4.39 Å². The summed E-state index contributed by atoms with van der Waals surface area (Å²) in [4.78, 5) is 14.7. The van der Waals surface area contributed by atoms with Gasteiger partial charge in [-0.25, -0.2) is 9.37 Å². The molecule has 0 amide bonds. The van der Waals surface area contributed by atoms with Gasteiger partial charge < -0.3 is 5.11 Å². The molecule has 0 saturated carbocycles. The standard InChI is InChI=1S/C13H9ClFNO2/c14-13-9(7-12(17)18)4-5-11(16-13)8-2-1-3-10(15)6-8/h1-6H,7H2,(H,17,18). The van der Waals surface area contributed by atoms with Crippen LogP contribution in [0.3, 0.4) is 0 Å². The van der Waals surface area contributed by atoms with Gasteiger partial charge in [0.15, 0.2) is 0 Å². The maximum atomic E-state index is 13.1. The zero-order chi connectivity index (χ0) is 13.1. The summed E-state index contributed by atoms with van der Waals surface area (Å²) < 4.78 is 13.1. The summed E-state index contributed by atoms with van der Waals surface area (Å²) in [6, 6.07) is 9.17. The molecule has 0 aliphatic rings. The van der Waals surface area contributed by atoms with Crippen LogP contribution in [0.2, 0.25) is 5.15 Å². The molecule has 0 spiro atoms. The Hall–Kier alpha value is -1.94. The molecule has 0 bridgehead atoms. The second-order valence-electron chi connectivity index (χ2n) is 3.73. The Kier molecular flexibility index (Phi) is 3.58. The van der Waals surface area contributed by atoms with E-state index in [1.54, 1.807) is 24.3 Å². The van der Waals surface area contributed by atoms with Gasteiger partial charge in [-0.2, -0.15) is 0 Å². The van der Waals surface area contributed by atoms with Crippen molar-refractivity contribution in [3.05, 3.63) is 52.9 Å². The molecule has 0 aliphatic heterocycles. The van der Waals surface area contributed by atoms with Crippen LogP contribution in [0, 0.1) is 5.82 Å². The number of hydrogen-bond acceptors (Lipinski definition) is 2. The fraction of sp³-hybridized carbons (Fsp3) is 0.0769. The van der Waals surface area contributed by atoms with Crippen LogP contribution in [0.25, 0.3) is 11.3 Å². The topological polar surface area (TPSA) is 50.2 Å². The molecule has 1 N–H and O–H groups in total. The number of benzene rings is 1. The average molecular weight is 266 g/mol. The quantitative estimate of drug-likeness (QED) is 0.867. The molecule has 1 aromatic heterocycles. The van der Waals surface area contributed by atoms with Crippen LogP contribution < -0.4 is 0 Å². The minimum atomic E-state index is -0.975. The third-order valence-electron chi connectivity index (χ3n) is 2.39. The number of halogens is 2. The highest BCUT2D eigenvalue weighted by Gasteiger charge is 2.09. The normalized spacial score (nSPS) is 10.3. The zero-order valence-corrected chi connectivity index (χ0v) is 9.99. The summed E-state index contributed by atoms with van der Waals surface area (Å²) in [5.41, 5.74) is 1.54. The largest absolute Gasteiger partial charge is 0.481 e. The molecular weight excluding hydrogens is 257 g/mol. The summed E-state index contributed by atoms with van der Waals surface area (Å²) in [5, 5.41) is 8.80. The number of aliphatic carboxylic acids is 1. The Labute approximate surface area is 108 Å². The summed E-state index contributed by atoms with van der Waals surface area (Å²) in [5.74, 6) is -1.34. The number of hydrogen-bond donors (Lipinski definition) is 1. The molecule has 0 radical (unpaired) electrons. The molecule has 5 heteroatoms. The van der Waals surface area contributed by atoms with Crippen LogP contribution >= 0.6 is 11.6 Å². The van der Waals surface area contributed by atoms with Gasteiger partial charge in [0.25, 0.3) is 0 Å². The fourth-order valence-corrected chi connectivity index (χ4v) is 1.79. The van der Waals surface area contributed by atoms with E-state index < -0.39 is 5.97 Å². The van der Waals surface area contributed by atoms with E-state index in [0.717, 1.165) is 0 Å². The highest BCUT2D eigenvalue weighted by Crippen LogP contribution is 2.22. The Bertz CT molecular complexity index is 601. The second kappa shape index (κ2) is 5.14. The molecule has 2 aromatic rings. The lowest BCUT2D eigenvalue weighted by molar-refractivity contribution is -0.136. The van der Waals surface area contributed by atoms with Crippen molar-refractivity contribution in [2.75, 3.05) is 0 Å². The van der Waals surface area contributed by atoms with Crippen molar-refractivity contribution in [1.29, 1.82) is 0 Å². The zero-order valence-electron chi connectivity index (χ0n) is 9.23. The molecule has 0 unspecified atom stereocenters. The first-order valence-corrected chi connectivity index (χ1v) is 5.57. The number of carboxylic acids is 1. The molecule has 0 fully saturated rings. The van der Waals surface area contributed by atoms with Gasteiger partial charge >= 0.3 is 5.97 Å².